The van der Waals surface area contributed by atoms with Gasteiger partial charge in [0.1, 0.15) is 12.4 Å². The van der Waals surface area contributed by atoms with E-state index < -0.39 is 20.2 Å². The van der Waals surface area contributed by atoms with Gasteiger partial charge in [0, 0.05) is 17.8 Å². The van der Waals surface area contributed by atoms with E-state index in [4.69, 9.17) is 9.47 Å². The van der Waals surface area contributed by atoms with Crippen molar-refractivity contribution in [2.75, 3.05) is 12.1 Å². The molecule has 0 bridgehead atoms. The maximum atomic E-state index is 12.7. The van der Waals surface area contributed by atoms with Crippen LogP contribution < -0.4 is 14.8 Å². The molecule has 138 valence electrons. The van der Waals surface area contributed by atoms with Crippen LogP contribution in [0.4, 0.5) is 30.2 Å². The van der Waals surface area contributed by atoms with Crippen LogP contribution in [0.25, 0.3) is 0 Å². The molecule has 0 fully saturated rings. The first-order valence-electron chi connectivity index (χ1n) is 6.99. The molecule has 26 heavy (non-hydrogen) atoms. The number of nitrogens with zero attached hydrogens (tertiary/aromatic N) is 1. The summed E-state index contributed by atoms with van der Waals surface area (Å²) < 4.78 is 71.5. The lowest BCUT2D eigenvalue weighted by Gasteiger charge is -2.13. The van der Waals surface area contributed by atoms with Crippen molar-refractivity contribution < 1.29 is 35.8 Å². The predicted octanol–water partition coefficient (Wildman–Crippen LogP) is 3.29. The summed E-state index contributed by atoms with van der Waals surface area (Å²) in [4.78, 5) is -1.05. The third kappa shape index (κ3) is 3.12. The molecule has 7 nitrogen and oxygen atoms in total. The lowest BCUT2D eigenvalue weighted by Crippen LogP contribution is -2.23. The van der Waals surface area contributed by atoms with Crippen LogP contribution in [0.3, 0.4) is 0 Å². The quantitative estimate of drug-likeness (QED) is 0.374. The molecule has 2 aromatic rings. The monoisotopic (exact) mass is 388 g/mol. The van der Waals surface area contributed by atoms with Crippen molar-refractivity contribution in [3.63, 3.8) is 0 Å². The van der Waals surface area contributed by atoms with Gasteiger partial charge >= 0.3 is 5.51 Å². The topological polar surface area (TPSA) is 90.7 Å². The lowest BCUT2D eigenvalue weighted by molar-refractivity contribution is -0.349. The molecule has 0 amide bonds. The number of rotatable bonds is 4. The predicted molar refractivity (Wildman–Crippen MR) is 85.9 cm³/mol. The van der Waals surface area contributed by atoms with Gasteiger partial charge in [0.25, 0.3) is 9.84 Å². The van der Waals surface area contributed by atoms with Crippen molar-refractivity contribution in [2.24, 2.45) is 0 Å². The Hall–Kier alpha value is -2.95. The normalized spacial score (nSPS) is 13.5. The van der Waals surface area contributed by atoms with E-state index >= 15 is 0 Å². The van der Waals surface area contributed by atoms with Gasteiger partial charge in [-0.3, -0.25) is 0 Å². The number of hydrogen-bond acceptors (Lipinski definition) is 6. The highest BCUT2D eigenvalue weighted by atomic mass is 32.2. The minimum atomic E-state index is -5.59. The average Bonchev–Trinajstić information content (AvgIpc) is 3.01. The molecule has 11 heteroatoms. The fourth-order valence-electron chi connectivity index (χ4n) is 2.25. The second kappa shape index (κ2) is 6.09. The van der Waals surface area contributed by atoms with E-state index in [1.807, 2.05) is 0 Å². The van der Waals surface area contributed by atoms with Gasteiger partial charge in [-0.25, -0.2) is 8.42 Å². The van der Waals surface area contributed by atoms with E-state index in [1.165, 1.54) is 0 Å². The van der Waals surface area contributed by atoms with Crippen LogP contribution in [0.5, 0.6) is 11.5 Å². The van der Waals surface area contributed by atoms with Gasteiger partial charge in [-0.1, -0.05) is 0 Å². The zero-order chi connectivity index (χ0) is 19.1. The molecule has 0 spiro atoms. The van der Waals surface area contributed by atoms with Gasteiger partial charge in [0.2, 0.25) is 12.5 Å². The van der Waals surface area contributed by atoms with Crippen LogP contribution in [-0.4, -0.2) is 32.2 Å². The third-order valence-corrected chi connectivity index (χ3v) is 4.99. The SMILES string of the molecule is C=[N+]([O-])c1cc(S(=O)(=O)C(F)(F)F)ccc1Nc1ccc2c(c1)OCO2. The summed E-state index contributed by atoms with van der Waals surface area (Å²) in [5, 5.41) is 14.4. The van der Waals surface area contributed by atoms with E-state index in [1.54, 1.807) is 18.2 Å². The van der Waals surface area contributed by atoms with Crippen molar-refractivity contribution in [1.29, 1.82) is 0 Å². The molecule has 0 radical (unpaired) electrons. The molecule has 1 aliphatic heterocycles. The van der Waals surface area contributed by atoms with E-state index in [2.05, 4.69) is 12.0 Å². The summed E-state index contributed by atoms with van der Waals surface area (Å²) in [6, 6.07) is 7.17. The Kier molecular flexibility index (Phi) is 4.18. The summed E-state index contributed by atoms with van der Waals surface area (Å²) in [5.74, 6) is 0.964. The first-order valence-corrected chi connectivity index (χ1v) is 8.48. The van der Waals surface area contributed by atoms with Gasteiger partial charge in [-0.2, -0.15) is 17.9 Å². The highest BCUT2D eigenvalue weighted by molar-refractivity contribution is 7.92. The molecule has 2 aromatic carbocycles. The Bertz CT molecular complexity index is 989. The fraction of sp³-hybridized carbons (Fsp3) is 0.133. The average molecular weight is 388 g/mol. The van der Waals surface area contributed by atoms with Crippen LogP contribution in [0.15, 0.2) is 41.3 Å². The number of anilines is 2. The summed E-state index contributed by atoms with van der Waals surface area (Å²) >= 11 is 0. The van der Waals surface area contributed by atoms with Crippen molar-refractivity contribution in [1.82, 2.24) is 0 Å². The summed E-state index contributed by atoms with van der Waals surface area (Å²) in [6.45, 7) is 3.13. The number of fused-ring (bicyclic) bond motifs is 1. The zero-order valence-electron chi connectivity index (χ0n) is 12.9. The minimum absolute atomic E-state index is 0.0186. The van der Waals surface area contributed by atoms with Crippen molar-refractivity contribution in [2.45, 2.75) is 10.4 Å². The second-order valence-electron chi connectivity index (χ2n) is 5.20. The Labute approximate surface area is 145 Å². The molecule has 0 aromatic heterocycles. The first kappa shape index (κ1) is 17.9. The fourth-order valence-corrected chi connectivity index (χ4v) is 3.04. The number of benzene rings is 2. The highest BCUT2D eigenvalue weighted by Gasteiger charge is 2.47. The van der Waals surface area contributed by atoms with Crippen LogP contribution in [0, 0.1) is 5.21 Å². The van der Waals surface area contributed by atoms with Gasteiger partial charge in [-0.15, -0.1) is 0 Å². The number of alkyl halides is 3. The number of hydrogen-bond donors (Lipinski definition) is 1. The second-order valence-corrected chi connectivity index (χ2v) is 7.14. The largest absolute Gasteiger partial charge is 0.619 e. The van der Waals surface area contributed by atoms with Gasteiger partial charge in [0.05, 0.1) is 4.90 Å². The molecule has 0 aliphatic carbocycles. The first-order chi connectivity index (χ1) is 12.1. The maximum absolute atomic E-state index is 12.7. The number of halogens is 3. The van der Waals surface area contributed by atoms with Crippen LogP contribution in [0.2, 0.25) is 0 Å². The van der Waals surface area contributed by atoms with Gasteiger partial charge in [0.15, 0.2) is 11.5 Å². The number of sulfone groups is 1. The summed E-state index contributed by atoms with van der Waals surface area (Å²) in [7, 11) is -5.59. The molecule has 0 atom stereocenters. The molecular formula is C15H11F3N2O5S. The molecule has 1 N–H and O–H groups in total. The molecule has 0 saturated heterocycles. The van der Waals surface area contributed by atoms with Gasteiger partial charge in [-0.05, 0) is 24.3 Å². The smallest absolute Gasteiger partial charge is 0.501 e. The molecular weight excluding hydrogens is 377 g/mol. The minimum Gasteiger partial charge on any atom is -0.619 e. The Morgan fingerprint density at radius 2 is 1.81 bits per heavy atom. The Balaban J connectivity index is 1.99. The molecule has 3 rings (SSSR count). The molecule has 1 heterocycles. The third-order valence-electron chi connectivity index (χ3n) is 3.50. The zero-order valence-corrected chi connectivity index (χ0v) is 13.7. The van der Waals surface area contributed by atoms with E-state index in [-0.39, 0.29) is 22.9 Å². The van der Waals surface area contributed by atoms with E-state index in [0.717, 1.165) is 12.1 Å². The van der Waals surface area contributed by atoms with Crippen LogP contribution >= 0.6 is 0 Å². The highest BCUT2D eigenvalue weighted by Crippen LogP contribution is 2.38. The molecule has 0 unspecified atom stereocenters. The lowest BCUT2D eigenvalue weighted by atomic mass is 10.2. The van der Waals surface area contributed by atoms with Crippen molar-refractivity contribution in [3.05, 3.63) is 41.6 Å². The number of nitrogens with one attached hydrogen (secondary N) is 1. The van der Waals surface area contributed by atoms with Gasteiger partial charge < -0.3 is 20.0 Å². The Morgan fingerprint density at radius 1 is 1.12 bits per heavy atom. The number of ether oxygens (including phenoxy) is 2. The summed E-state index contributed by atoms with van der Waals surface area (Å²) in [5.41, 5.74) is -5.35. The van der Waals surface area contributed by atoms with Crippen LogP contribution in [0.1, 0.15) is 0 Å². The molecule has 1 aliphatic rings. The maximum Gasteiger partial charge on any atom is 0.501 e. The standard InChI is InChI=1S/C15H11F3N2O5S/c1-20(21)12-7-10(26(22,23)15(16,17)18)3-4-11(12)19-9-2-5-13-14(6-9)25-8-24-13/h2-7,19H,1,8H2. The van der Waals surface area contributed by atoms with Crippen molar-refractivity contribution in [3.8, 4) is 11.5 Å². The van der Waals surface area contributed by atoms with Crippen molar-refractivity contribution >= 4 is 33.6 Å². The van der Waals surface area contributed by atoms with Crippen LogP contribution in [-0.2, 0) is 9.84 Å². The molecule has 0 saturated carbocycles. The van der Waals surface area contributed by atoms with E-state index in [9.17, 15) is 26.8 Å². The van der Waals surface area contributed by atoms with E-state index in [0.29, 0.717) is 23.3 Å². The Morgan fingerprint density at radius 3 is 2.46 bits per heavy atom. The summed E-state index contributed by atoms with van der Waals surface area (Å²) in [6.07, 6.45) is 0.